The van der Waals surface area contributed by atoms with Gasteiger partial charge in [-0.1, -0.05) is 82.9 Å². The van der Waals surface area contributed by atoms with Gasteiger partial charge in [0.15, 0.2) is 0 Å². The fourth-order valence-corrected chi connectivity index (χ4v) is 9.70. The SMILES string of the molecule is Cc1ccc(N(c2ccc(C)cc2)c2ccc3c(c2)S(=O)c2cc4c(cc2-3)sc2cc(N(c3ccc(C)cc3)c3ccc(C)cc3)ccc24)cc1. The summed E-state index contributed by atoms with van der Waals surface area (Å²) in [6.45, 7) is 8.45. The van der Waals surface area contributed by atoms with Crippen LogP contribution < -0.4 is 9.80 Å². The molecule has 0 saturated carbocycles. The first-order valence-corrected chi connectivity index (χ1v) is 19.2. The van der Waals surface area contributed by atoms with Gasteiger partial charge in [-0.15, -0.1) is 11.3 Å². The van der Waals surface area contributed by atoms with Crippen LogP contribution in [0.3, 0.4) is 0 Å². The number of benzene rings is 7. The highest BCUT2D eigenvalue weighted by Crippen LogP contribution is 2.49. The number of aryl methyl sites for hydroxylation is 4. The predicted molar refractivity (Wildman–Crippen MR) is 218 cm³/mol. The molecule has 1 aliphatic rings. The first-order valence-electron chi connectivity index (χ1n) is 17.2. The van der Waals surface area contributed by atoms with Gasteiger partial charge in [0.2, 0.25) is 0 Å². The van der Waals surface area contributed by atoms with Crippen LogP contribution in [0.4, 0.5) is 34.1 Å². The lowest BCUT2D eigenvalue weighted by Gasteiger charge is -2.26. The molecule has 1 unspecified atom stereocenters. The molecule has 1 aromatic heterocycles. The fraction of sp³-hybridized carbons (Fsp3) is 0.0870. The quantitative estimate of drug-likeness (QED) is 0.173. The summed E-state index contributed by atoms with van der Waals surface area (Å²) in [7, 11) is -1.30. The molecule has 1 aliphatic heterocycles. The van der Waals surface area contributed by atoms with Gasteiger partial charge in [0.1, 0.15) is 0 Å². The van der Waals surface area contributed by atoms with Crippen molar-refractivity contribution in [3.05, 3.63) is 168 Å². The lowest BCUT2D eigenvalue weighted by Crippen LogP contribution is -2.10. The van der Waals surface area contributed by atoms with E-state index in [2.05, 4.69) is 183 Å². The van der Waals surface area contributed by atoms with Crippen LogP contribution in [0.2, 0.25) is 0 Å². The third-order valence-corrected chi connectivity index (χ3v) is 12.5. The van der Waals surface area contributed by atoms with Crippen molar-refractivity contribution in [3.8, 4) is 11.1 Å². The Bertz CT molecular complexity index is 2530. The van der Waals surface area contributed by atoms with Gasteiger partial charge in [-0.05, 0) is 118 Å². The molecule has 2 heterocycles. The van der Waals surface area contributed by atoms with E-state index in [0.29, 0.717) is 0 Å². The van der Waals surface area contributed by atoms with E-state index < -0.39 is 10.8 Å². The molecule has 0 aliphatic carbocycles. The second-order valence-corrected chi connectivity index (χ2v) is 16.1. The van der Waals surface area contributed by atoms with Gasteiger partial charge in [0.05, 0.1) is 20.6 Å². The summed E-state index contributed by atoms with van der Waals surface area (Å²) < 4.78 is 16.7. The average molecular weight is 697 g/mol. The molecule has 51 heavy (non-hydrogen) atoms. The van der Waals surface area contributed by atoms with Crippen molar-refractivity contribution in [2.45, 2.75) is 37.5 Å². The number of nitrogens with zero attached hydrogens (tertiary/aromatic N) is 2. The van der Waals surface area contributed by atoms with Crippen LogP contribution in [0.25, 0.3) is 31.3 Å². The Morgan fingerprint density at radius 1 is 0.392 bits per heavy atom. The van der Waals surface area contributed by atoms with E-state index in [1.54, 1.807) is 11.3 Å². The van der Waals surface area contributed by atoms with Crippen LogP contribution in [-0.2, 0) is 10.8 Å². The van der Waals surface area contributed by atoms with E-state index in [-0.39, 0.29) is 0 Å². The summed E-state index contributed by atoms with van der Waals surface area (Å²) in [5.41, 5.74) is 13.5. The van der Waals surface area contributed by atoms with Crippen molar-refractivity contribution < 1.29 is 4.21 Å². The van der Waals surface area contributed by atoms with Crippen LogP contribution in [0.1, 0.15) is 22.3 Å². The second-order valence-electron chi connectivity index (χ2n) is 13.6. The smallest absolute Gasteiger partial charge is 0.0863 e. The maximum absolute atomic E-state index is 14.3. The molecule has 8 aromatic rings. The first kappa shape index (κ1) is 31.5. The highest BCUT2D eigenvalue weighted by atomic mass is 32.2. The van der Waals surface area contributed by atoms with Crippen molar-refractivity contribution in [3.63, 3.8) is 0 Å². The van der Waals surface area contributed by atoms with E-state index in [4.69, 9.17) is 0 Å². The highest BCUT2D eigenvalue weighted by molar-refractivity contribution is 7.85. The number of fused-ring (bicyclic) bond motifs is 6. The summed E-state index contributed by atoms with van der Waals surface area (Å²) >= 11 is 1.80. The predicted octanol–water partition coefficient (Wildman–Crippen LogP) is 13.4. The van der Waals surface area contributed by atoms with Crippen LogP contribution in [-0.4, -0.2) is 4.21 Å². The molecule has 0 saturated heterocycles. The summed E-state index contributed by atoms with van der Waals surface area (Å²) in [5, 5.41) is 2.34. The monoisotopic (exact) mass is 696 g/mol. The molecule has 1 atom stereocenters. The van der Waals surface area contributed by atoms with Gasteiger partial charge in [-0.3, -0.25) is 0 Å². The van der Waals surface area contributed by atoms with E-state index in [1.165, 1.54) is 37.0 Å². The van der Waals surface area contributed by atoms with Gasteiger partial charge in [0, 0.05) is 59.9 Å². The maximum atomic E-state index is 14.3. The molecule has 248 valence electrons. The Hall–Kier alpha value is -5.49. The Kier molecular flexibility index (Phi) is 7.64. The maximum Gasteiger partial charge on any atom is 0.0863 e. The van der Waals surface area contributed by atoms with Gasteiger partial charge >= 0.3 is 0 Å². The second kappa shape index (κ2) is 12.4. The van der Waals surface area contributed by atoms with Crippen LogP contribution in [0.5, 0.6) is 0 Å². The zero-order chi connectivity index (χ0) is 34.8. The largest absolute Gasteiger partial charge is 0.310 e. The molecule has 7 aromatic carbocycles. The highest BCUT2D eigenvalue weighted by Gasteiger charge is 2.29. The van der Waals surface area contributed by atoms with E-state index in [0.717, 1.165) is 60.4 Å². The van der Waals surface area contributed by atoms with Crippen molar-refractivity contribution in [1.29, 1.82) is 0 Å². The molecule has 0 amide bonds. The Morgan fingerprint density at radius 2 is 0.784 bits per heavy atom. The number of thiophene rings is 1. The van der Waals surface area contributed by atoms with E-state index >= 15 is 0 Å². The number of hydrogen-bond acceptors (Lipinski definition) is 4. The van der Waals surface area contributed by atoms with Crippen LogP contribution in [0, 0.1) is 27.7 Å². The zero-order valence-corrected chi connectivity index (χ0v) is 30.6. The molecule has 3 nitrogen and oxygen atoms in total. The average Bonchev–Trinajstić information content (AvgIpc) is 3.64. The minimum absolute atomic E-state index is 0.864. The van der Waals surface area contributed by atoms with Crippen molar-refractivity contribution in [2.75, 3.05) is 9.80 Å². The van der Waals surface area contributed by atoms with Gasteiger partial charge in [-0.2, -0.15) is 0 Å². The topological polar surface area (TPSA) is 23.6 Å². The lowest BCUT2D eigenvalue weighted by molar-refractivity contribution is 0.685. The normalized spacial score (nSPS) is 13.4. The summed E-state index contributed by atoms with van der Waals surface area (Å²) in [4.78, 5) is 6.32. The first-order chi connectivity index (χ1) is 24.8. The van der Waals surface area contributed by atoms with Gasteiger partial charge in [0.25, 0.3) is 0 Å². The van der Waals surface area contributed by atoms with E-state index in [1.807, 2.05) is 0 Å². The molecular weight excluding hydrogens is 661 g/mol. The molecule has 9 rings (SSSR count). The van der Waals surface area contributed by atoms with E-state index in [9.17, 15) is 4.21 Å². The Labute approximate surface area is 305 Å². The standard InChI is InChI=1S/C46H36N2OS2/c1-29-5-13-33(14-6-29)47(34-15-7-30(2)8-16-34)37-21-23-39-41-28-46-42(27-44(41)50-43(39)25-37)40-24-22-38(26-45(40)51(46)49)48(35-17-9-31(3)10-18-35)36-19-11-32(4)12-20-36/h5-28H,1-4H3. The third kappa shape index (κ3) is 5.54. The number of anilines is 6. The molecule has 0 radical (unpaired) electrons. The molecule has 0 N–H and O–H groups in total. The third-order valence-electron chi connectivity index (χ3n) is 9.90. The minimum Gasteiger partial charge on any atom is -0.310 e. The van der Waals surface area contributed by atoms with Crippen molar-refractivity contribution in [2.24, 2.45) is 0 Å². The fourth-order valence-electron chi connectivity index (χ4n) is 7.11. The lowest BCUT2D eigenvalue weighted by atomic mass is 10.0. The van der Waals surface area contributed by atoms with Crippen molar-refractivity contribution >= 4 is 76.4 Å². The summed E-state index contributed by atoms with van der Waals surface area (Å²) in [6.07, 6.45) is 0. The Balaban J connectivity index is 1.13. The summed E-state index contributed by atoms with van der Waals surface area (Å²) in [5.74, 6) is 0. The molecule has 0 bridgehead atoms. The van der Waals surface area contributed by atoms with Crippen molar-refractivity contribution in [1.82, 2.24) is 0 Å². The molecule has 5 heteroatoms. The molecule has 0 fully saturated rings. The summed E-state index contributed by atoms with van der Waals surface area (Å²) in [6, 6.07) is 52.2. The molecule has 0 spiro atoms. The minimum atomic E-state index is -1.30. The Morgan fingerprint density at radius 3 is 1.27 bits per heavy atom. The number of hydrogen-bond donors (Lipinski definition) is 0. The van der Waals surface area contributed by atoms with Gasteiger partial charge < -0.3 is 9.80 Å². The zero-order valence-electron chi connectivity index (χ0n) is 29.0. The number of rotatable bonds is 6. The van der Waals surface area contributed by atoms with Gasteiger partial charge in [-0.25, -0.2) is 4.21 Å². The van der Waals surface area contributed by atoms with Crippen LogP contribution >= 0.6 is 11.3 Å². The molecular formula is C46H36N2OS2. The van der Waals surface area contributed by atoms with Crippen LogP contribution in [0.15, 0.2) is 155 Å².